The summed E-state index contributed by atoms with van der Waals surface area (Å²) in [5.74, 6) is -0.0212. The normalized spacial score (nSPS) is 15.2. The molecule has 6 nitrogen and oxygen atoms in total. The zero-order valence-electron chi connectivity index (χ0n) is 16.5. The number of carbonyl (C=O) groups excluding carboxylic acids is 2. The summed E-state index contributed by atoms with van der Waals surface area (Å²) < 4.78 is 0. The van der Waals surface area contributed by atoms with E-state index in [4.69, 9.17) is 0 Å². The Morgan fingerprint density at radius 2 is 1.43 bits per heavy atom. The quantitative estimate of drug-likeness (QED) is 0.837. The fourth-order valence-electron chi connectivity index (χ4n) is 3.36. The fraction of sp³-hybridized carbons (Fsp3) is 0.364. The summed E-state index contributed by atoms with van der Waals surface area (Å²) in [6.07, 6.45) is 0. The number of amides is 3. The van der Waals surface area contributed by atoms with Gasteiger partial charge in [-0.25, -0.2) is 4.79 Å². The Labute approximate surface area is 166 Å². The average Bonchev–Trinajstić information content (AvgIpc) is 2.73. The predicted molar refractivity (Wildman–Crippen MR) is 112 cm³/mol. The molecule has 0 spiro atoms. The number of rotatable bonds is 5. The van der Waals surface area contributed by atoms with Crippen LogP contribution in [0.5, 0.6) is 0 Å². The van der Waals surface area contributed by atoms with E-state index >= 15 is 0 Å². The maximum absolute atomic E-state index is 13.0. The third kappa shape index (κ3) is 5.03. The lowest BCUT2D eigenvalue weighted by Gasteiger charge is -2.38. The highest BCUT2D eigenvalue weighted by Gasteiger charge is 2.30. The van der Waals surface area contributed by atoms with Gasteiger partial charge in [0.2, 0.25) is 5.91 Å². The van der Waals surface area contributed by atoms with E-state index in [0.29, 0.717) is 18.8 Å². The average molecular weight is 380 g/mol. The van der Waals surface area contributed by atoms with Crippen LogP contribution in [-0.2, 0) is 4.79 Å². The smallest absolute Gasteiger partial charge is 0.319 e. The number of hydrogen-bond donors (Lipinski definition) is 2. The number of benzene rings is 2. The summed E-state index contributed by atoms with van der Waals surface area (Å²) in [4.78, 5) is 29.5. The van der Waals surface area contributed by atoms with E-state index in [0.717, 1.165) is 13.1 Å². The molecule has 2 aromatic rings. The highest BCUT2D eigenvalue weighted by molar-refractivity contribution is 5.93. The Morgan fingerprint density at radius 1 is 0.857 bits per heavy atom. The molecule has 3 amide bonds. The van der Waals surface area contributed by atoms with Gasteiger partial charge in [0.15, 0.2) is 0 Å². The first kappa shape index (κ1) is 19.7. The van der Waals surface area contributed by atoms with Crippen molar-refractivity contribution in [2.24, 2.45) is 5.92 Å². The van der Waals surface area contributed by atoms with Crippen molar-refractivity contribution in [3.05, 3.63) is 60.7 Å². The van der Waals surface area contributed by atoms with Crippen LogP contribution in [0.2, 0.25) is 0 Å². The Balaban J connectivity index is 1.57. The van der Waals surface area contributed by atoms with E-state index < -0.39 is 6.04 Å². The maximum atomic E-state index is 13.0. The monoisotopic (exact) mass is 380 g/mol. The van der Waals surface area contributed by atoms with Crippen molar-refractivity contribution in [2.75, 3.05) is 36.4 Å². The van der Waals surface area contributed by atoms with Crippen LogP contribution in [0.25, 0.3) is 0 Å². The Bertz CT molecular complexity index is 772. The zero-order valence-corrected chi connectivity index (χ0v) is 16.5. The Morgan fingerprint density at radius 3 is 2.00 bits per heavy atom. The van der Waals surface area contributed by atoms with Crippen LogP contribution >= 0.6 is 0 Å². The van der Waals surface area contributed by atoms with Gasteiger partial charge in [0.1, 0.15) is 6.04 Å². The molecule has 0 aromatic heterocycles. The van der Waals surface area contributed by atoms with Crippen LogP contribution in [0.3, 0.4) is 0 Å². The van der Waals surface area contributed by atoms with E-state index in [9.17, 15) is 9.59 Å². The standard InChI is InChI=1S/C22H28N4O2/c1-17(2)20(24-22(28)23-18-9-5-3-6-10-18)21(27)26-15-13-25(14-16-26)19-11-7-4-8-12-19/h3-12,17,20H,13-16H2,1-2H3,(H2,23,24,28). The van der Waals surface area contributed by atoms with Crippen molar-refractivity contribution >= 4 is 23.3 Å². The molecule has 1 aliphatic heterocycles. The number of piperazine rings is 1. The second-order valence-corrected chi connectivity index (χ2v) is 7.33. The molecule has 1 unspecified atom stereocenters. The molecule has 0 aliphatic carbocycles. The molecule has 1 aliphatic rings. The maximum Gasteiger partial charge on any atom is 0.319 e. The van der Waals surface area contributed by atoms with Gasteiger partial charge in [-0.2, -0.15) is 0 Å². The third-order valence-electron chi connectivity index (χ3n) is 4.96. The van der Waals surface area contributed by atoms with Gasteiger partial charge in [0.25, 0.3) is 0 Å². The zero-order chi connectivity index (χ0) is 19.9. The van der Waals surface area contributed by atoms with Gasteiger partial charge in [0, 0.05) is 37.6 Å². The second kappa shape index (κ2) is 9.26. The molecule has 0 radical (unpaired) electrons. The van der Waals surface area contributed by atoms with Gasteiger partial charge in [-0.15, -0.1) is 0 Å². The first-order chi connectivity index (χ1) is 13.5. The van der Waals surface area contributed by atoms with Gasteiger partial charge in [-0.1, -0.05) is 50.2 Å². The topological polar surface area (TPSA) is 64.7 Å². The van der Waals surface area contributed by atoms with Crippen molar-refractivity contribution in [1.29, 1.82) is 0 Å². The minimum Gasteiger partial charge on any atom is -0.368 e. The summed E-state index contributed by atoms with van der Waals surface area (Å²) in [5, 5.41) is 5.63. The van der Waals surface area contributed by atoms with E-state index in [2.05, 4.69) is 27.7 Å². The first-order valence-electron chi connectivity index (χ1n) is 9.76. The van der Waals surface area contributed by atoms with Gasteiger partial charge in [-0.3, -0.25) is 4.79 Å². The summed E-state index contributed by atoms with van der Waals surface area (Å²) in [6.45, 7) is 6.78. The molecule has 0 bridgehead atoms. The molecular weight excluding hydrogens is 352 g/mol. The summed E-state index contributed by atoms with van der Waals surface area (Å²) in [5.41, 5.74) is 1.88. The van der Waals surface area contributed by atoms with Gasteiger partial charge >= 0.3 is 6.03 Å². The number of hydrogen-bond acceptors (Lipinski definition) is 3. The number of nitrogens with zero attached hydrogens (tertiary/aromatic N) is 2. The van der Waals surface area contributed by atoms with Gasteiger partial charge in [0.05, 0.1) is 0 Å². The summed E-state index contributed by atoms with van der Waals surface area (Å²) in [6, 6.07) is 18.5. The second-order valence-electron chi connectivity index (χ2n) is 7.33. The van der Waals surface area contributed by atoms with Crippen molar-refractivity contribution < 1.29 is 9.59 Å². The number of carbonyl (C=O) groups is 2. The number of nitrogens with one attached hydrogen (secondary N) is 2. The van der Waals surface area contributed by atoms with Crippen LogP contribution in [-0.4, -0.2) is 49.1 Å². The molecule has 148 valence electrons. The van der Waals surface area contributed by atoms with Crippen LogP contribution in [0.4, 0.5) is 16.2 Å². The van der Waals surface area contributed by atoms with Crippen LogP contribution in [0.15, 0.2) is 60.7 Å². The predicted octanol–water partition coefficient (Wildman–Crippen LogP) is 3.18. The molecule has 1 atom stereocenters. The van der Waals surface area contributed by atoms with Gasteiger partial charge < -0.3 is 20.4 Å². The molecule has 1 heterocycles. The number of urea groups is 1. The Kier molecular flexibility index (Phi) is 6.53. The molecule has 0 saturated carbocycles. The van der Waals surface area contributed by atoms with Gasteiger partial charge in [-0.05, 0) is 30.2 Å². The molecule has 2 N–H and O–H groups in total. The molecule has 3 rings (SSSR count). The molecule has 6 heteroatoms. The van der Waals surface area contributed by atoms with Crippen molar-refractivity contribution in [1.82, 2.24) is 10.2 Å². The lowest BCUT2D eigenvalue weighted by atomic mass is 10.0. The lowest BCUT2D eigenvalue weighted by molar-refractivity contribution is -0.134. The lowest BCUT2D eigenvalue weighted by Crippen LogP contribution is -2.57. The molecule has 1 fully saturated rings. The minimum atomic E-state index is -0.549. The highest BCUT2D eigenvalue weighted by atomic mass is 16.2. The van der Waals surface area contributed by atoms with Crippen LogP contribution in [0.1, 0.15) is 13.8 Å². The molecular formula is C22H28N4O2. The van der Waals surface area contributed by atoms with Crippen molar-refractivity contribution in [2.45, 2.75) is 19.9 Å². The van der Waals surface area contributed by atoms with E-state index in [1.165, 1.54) is 5.69 Å². The van der Waals surface area contributed by atoms with E-state index in [1.54, 1.807) is 0 Å². The fourth-order valence-corrected chi connectivity index (χ4v) is 3.36. The first-order valence-corrected chi connectivity index (χ1v) is 9.76. The van der Waals surface area contributed by atoms with Crippen LogP contribution < -0.4 is 15.5 Å². The molecule has 28 heavy (non-hydrogen) atoms. The summed E-state index contributed by atoms with van der Waals surface area (Å²) in [7, 11) is 0. The largest absolute Gasteiger partial charge is 0.368 e. The van der Waals surface area contributed by atoms with Crippen molar-refractivity contribution in [3.63, 3.8) is 0 Å². The van der Waals surface area contributed by atoms with Crippen LogP contribution in [0, 0.1) is 5.92 Å². The van der Waals surface area contributed by atoms with Crippen molar-refractivity contribution in [3.8, 4) is 0 Å². The third-order valence-corrected chi connectivity index (χ3v) is 4.96. The summed E-state index contributed by atoms with van der Waals surface area (Å²) >= 11 is 0. The number of para-hydroxylation sites is 2. The van der Waals surface area contributed by atoms with E-state index in [-0.39, 0.29) is 17.9 Å². The molecule has 1 saturated heterocycles. The minimum absolute atomic E-state index is 0.00109. The Hall–Kier alpha value is -3.02. The number of anilines is 2. The highest BCUT2D eigenvalue weighted by Crippen LogP contribution is 2.17. The molecule has 2 aromatic carbocycles. The SMILES string of the molecule is CC(C)C(NC(=O)Nc1ccccc1)C(=O)N1CCN(c2ccccc2)CC1. The van der Waals surface area contributed by atoms with E-state index in [1.807, 2.05) is 67.3 Å².